The number of aromatic nitrogens is 1. The van der Waals surface area contributed by atoms with Gasteiger partial charge in [0, 0.05) is 22.2 Å². The molecule has 0 radical (unpaired) electrons. The van der Waals surface area contributed by atoms with Crippen molar-refractivity contribution in [1.82, 2.24) is 4.37 Å². The lowest BCUT2D eigenvalue weighted by Crippen LogP contribution is -2.13. The Morgan fingerprint density at radius 1 is 1.35 bits per heavy atom. The first-order valence-corrected chi connectivity index (χ1v) is 7.36. The number of nitrogens with one attached hydrogen (secondary N) is 1. The maximum absolute atomic E-state index is 10.2. The number of halogens is 3. The van der Waals surface area contributed by atoms with Gasteiger partial charge in [0.2, 0.25) is 0 Å². The number of anilines is 1. The number of nitrogens with zero attached hydrogens (tertiary/aromatic N) is 2. The van der Waals surface area contributed by atoms with Crippen LogP contribution in [0.25, 0.3) is 0 Å². The summed E-state index contributed by atoms with van der Waals surface area (Å²) in [5.41, 5.74) is 0.701. The fourth-order valence-corrected chi connectivity index (χ4v) is 3.20. The molecular formula is C12H8Cl3N3OS. The number of nitriles is 1. The largest absolute Gasteiger partial charge is 0.386 e. The summed E-state index contributed by atoms with van der Waals surface area (Å²) in [6, 6.07) is 6.95. The van der Waals surface area contributed by atoms with Crippen molar-refractivity contribution in [3.05, 3.63) is 44.5 Å². The van der Waals surface area contributed by atoms with Gasteiger partial charge in [-0.05, 0) is 23.7 Å². The highest BCUT2D eigenvalue weighted by atomic mass is 35.5. The van der Waals surface area contributed by atoms with Crippen LogP contribution in [-0.2, 0) is 0 Å². The molecule has 1 heterocycles. The Bertz CT molecular complexity index is 648. The third kappa shape index (κ3) is 3.17. The summed E-state index contributed by atoms with van der Waals surface area (Å²) < 4.78 is 3.86. The third-order valence-electron chi connectivity index (χ3n) is 2.55. The van der Waals surface area contributed by atoms with Gasteiger partial charge in [-0.1, -0.05) is 40.9 Å². The van der Waals surface area contributed by atoms with Crippen molar-refractivity contribution in [3.8, 4) is 6.07 Å². The normalized spacial score (nSPS) is 11.9. The molecule has 0 aliphatic carbocycles. The van der Waals surface area contributed by atoms with Crippen LogP contribution in [0, 0.1) is 11.3 Å². The number of aliphatic hydroxyl groups is 1. The molecule has 2 rings (SSSR count). The molecule has 1 atom stereocenters. The summed E-state index contributed by atoms with van der Waals surface area (Å²) in [4.78, 5) is 0. The molecule has 0 spiro atoms. The lowest BCUT2D eigenvalue weighted by atomic mass is 10.1. The highest BCUT2D eigenvalue weighted by Crippen LogP contribution is 2.32. The zero-order chi connectivity index (χ0) is 14.7. The van der Waals surface area contributed by atoms with Crippen molar-refractivity contribution in [3.63, 3.8) is 0 Å². The van der Waals surface area contributed by atoms with Gasteiger partial charge < -0.3 is 10.4 Å². The Hall–Kier alpha value is -1.03. The molecule has 0 bridgehead atoms. The summed E-state index contributed by atoms with van der Waals surface area (Å²) in [7, 11) is 0. The zero-order valence-corrected chi connectivity index (χ0v) is 13.0. The number of hydrogen-bond acceptors (Lipinski definition) is 5. The van der Waals surface area contributed by atoms with Gasteiger partial charge in [-0.2, -0.15) is 9.64 Å². The molecule has 1 aromatic carbocycles. The first-order valence-electron chi connectivity index (χ1n) is 5.45. The lowest BCUT2D eigenvalue weighted by molar-refractivity contribution is 0.192. The Balaban J connectivity index is 2.13. The van der Waals surface area contributed by atoms with Gasteiger partial charge in [0.15, 0.2) is 5.15 Å². The molecule has 1 aromatic heterocycles. The van der Waals surface area contributed by atoms with E-state index in [0.29, 0.717) is 20.6 Å². The van der Waals surface area contributed by atoms with Crippen LogP contribution in [0.5, 0.6) is 0 Å². The highest BCUT2D eigenvalue weighted by Gasteiger charge is 2.17. The summed E-state index contributed by atoms with van der Waals surface area (Å²) in [5, 5.41) is 23.4. The molecule has 0 fully saturated rings. The maximum Gasteiger partial charge on any atom is 0.162 e. The quantitative estimate of drug-likeness (QED) is 0.872. The zero-order valence-electron chi connectivity index (χ0n) is 9.90. The average molecular weight is 349 g/mol. The van der Waals surface area contributed by atoms with E-state index in [1.165, 1.54) is 0 Å². The second-order valence-corrected chi connectivity index (χ2v) is 5.77. The van der Waals surface area contributed by atoms with Crippen LogP contribution in [0.1, 0.15) is 17.2 Å². The Morgan fingerprint density at radius 2 is 2.00 bits per heavy atom. The van der Waals surface area contributed by atoms with Crippen LogP contribution in [0.15, 0.2) is 18.2 Å². The maximum atomic E-state index is 10.2. The number of hydrogen-bond donors (Lipinski definition) is 2. The van der Waals surface area contributed by atoms with E-state index in [9.17, 15) is 5.11 Å². The number of aliphatic hydroxyl groups excluding tert-OH is 1. The Kier molecular flexibility index (Phi) is 5.08. The molecule has 2 N–H and O–H groups in total. The number of rotatable bonds is 4. The minimum absolute atomic E-state index is 0.136. The molecule has 104 valence electrons. The molecule has 8 heteroatoms. The van der Waals surface area contributed by atoms with Crippen molar-refractivity contribution in [2.24, 2.45) is 0 Å². The van der Waals surface area contributed by atoms with E-state index < -0.39 is 6.10 Å². The number of benzene rings is 1. The minimum atomic E-state index is -0.913. The molecular weight excluding hydrogens is 341 g/mol. The Morgan fingerprint density at radius 3 is 2.60 bits per heavy atom. The van der Waals surface area contributed by atoms with Gasteiger partial charge in [-0.15, -0.1) is 0 Å². The van der Waals surface area contributed by atoms with Crippen molar-refractivity contribution in [1.29, 1.82) is 5.26 Å². The van der Waals surface area contributed by atoms with Crippen LogP contribution in [0.4, 0.5) is 5.00 Å². The van der Waals surface area contributed by atoms with E-state index in [1.807, 2.05) is 6.07 Å². The van der Waals surface area contributed by atoms with Gasteiger partial charge in [0.1, 0.15) is 16.6 Å². The summed E-state index contributed by atoms with van der Waals surface area (Å²) in [6.07, 6.45) is -0.913. The smallest absolute Gasteiger partial charge is 0.162 e. The predicted molar refractivity (Wildman–Crippen MR) is 81.8 cm³/mol. The molecule has 0 amide bonds. The van der Waals surface area contributed by atoms with E-state index >= 15 is 0 Å². The van der Waals surface area contributed by atoms with E-state index in [2.05, 4.69) is 9.69 Å². The SMILES string of the molecule is N#Cc1c(Cl)nsc1NCC(O)c1c(Cl)cccc1Cl. The second kappa shape index (κ2) is 6.61. The first kappa shape index (κ1) is 15.4. The van der Waals surface area contributed by atoms with Gasteiger partial charge in [0.25, 0.3) is 0 Å². The van der Waals surface area contributed by atoms with Crippen LogP contribution in [0.3, 0.4) is 0 Å². The van der Waals surface area contributed by atoms with E-state index in [-0.39, 0.29) is 17.3 Å². The van der Waals surface area contributed by atoms with Crippen LogP contribution < -0.4 is 5.32 Å². The fourth-order valence-electron chi connectivity index (χ4n) is 1.61. The standard InChI is InChI=1S/C12H8Cl3N3OS/c13-7-2-1-3-8(14)10(7)9(19)5-17-12-6(4-16)11(15)18-20-12/h1-3,9,17,19H,5H2. The molecule has 0 aliphatic rings. The Labute approximate surface area is 134 Å². The fraction of sp³-hybridized carbons (Fsp3) is 0.167. The summed E-state index contributed by atoms with van der Waals surface area (Å²) >= 11 is 18.8. The van der Waals surface area contributed by atoms with Crippen molar-refractivity contribution < 1.29 is 5.11 Å². The molecule has 2 aromatic rings. The second-order valence-electron chi connectivity index (χ2n) is 3.82. The van der Waals surface area contributed by atoms with Gasteiger partial charge in [-0.25, -0.2) is 0 Å². The average Bonchev–Trinajstić information content (AvgIpc) is 2.76. The van der Waals surface area contributed by atoms with Crippen molar-refractivity contribution >= 4 is 51.3 Å². The van der Waals surface area contributed by atoms with Gasteiger partial charge in [-0.3, -0.25) is 0 Å². The molecule has 0 aliphatic heterocycles. The first-order chi connectivity index (χ1) is 9.54. The summed E-state index contributed by atoms with van der Waals surface area (Å²) in [5.74, 6) is 0. The van der Waals surface area contributed by atoms with Crippen LogP contribution in [0.2, 0.25) is 15.2 Å². The molecule has 0 saturated heterocycles. The third-order valence-corrected chi connectivity index (χ3v) is 4.39. The molecule has 1 unspecified atom stereocenters. The van der Waals surface area contributed by atoms with Gasteiger partial charge >= 0.3 is 0 Å². The monoisotopic (exact) mass is 347 g/mol. The van der Waals surface area contributed by atoms with E-state index in [4.69, 9.17) is 40.1 Å². The van der Waals surface area contributed by atoms with Crippen LogP contribution >= 0.6 is 46.3 Å². The lowest BCUT2D eigenvalue weighted by Gasteiger charge is -2.15. The van der Waals surface area contributed by atoms with Crippen molar-refractivity contribution in [2.75, 3.05) is 11.9 Å². The van der Waals surface area contributed by atoms with Gasteiger partial charge in [0.05, 0.1) is 6.10 Å². The molecule has 0 saturated carbocycles. The van der Waals surface area contributed by atoms with Crippen molar-refractivity contribution in [2.45, 2.75) is 6.10 Å². The summed E-state index contributed by atoms with van der Waals surface area (Å²) in [6.45, 7) is 0.136. The topological polar surface area (TPSA) is 68.9 Å². The van der Waals surface area contributed by atoms with E-state index in [1.54, 1.807) is 18.2 Å². The van der Waals surface area contributed by atoms with E-state index in [0.717, 1.165) is 11.5 Å². The minimum Gasteiger partial charge on any atom is -0.386 e. The molecule has 4 nitrogen and oxygen atoms in total. The predicted octanol–water partition coefficient (Wildman–Crippen LogP) is 4.12. The highest BCUT2D eigenvalue weighted by molar-refractivity contribution is 7.10. The molecule has 20 heavy (non-hydrogen) atoms. The van der Waals surface area contributed by atoms with Crippen LogP contribution in [-0.4, -0.2) is 16.0 Å².